The van der Waals surface area contributed by atoms with Gasteiger partial charge in [0.1, 0.15) is 17.2 Å². The molecule has 1 saturated heterocycles. The molecule has 27 heavy (non-hydrogen) atoms. The Morgan fingerprint density at radius 1 is 0.926 bits per heavy atom. The molecule has 0 amide bonds. The Morgan fingerprint density at radius 3 is 2.37 bits per heavy atom. The molecular weight excluding hydrogens is 376 g/mol. The minimum Gasteiger partial charge on any atom is -0.508 e. The molecule has 1 aliphatic rings. The molecule has 3 nitrogen and oxygen atoms in total. The van der Waals surface area contributed by atoms with Gasteiger partial charge in [-0.1, -0.05) is 58.7 Å². The van der Waals surface area contributed by atoms with Gasteiger partial charge >= 0.3 is 0 Å². The number of benzene rings is 2. The van der Waals surface area contributed by atoms with Crippen LogP contribution in [0.2, 0.25) is 0 Å². The Bertz CT molecular complexity index is 717. The molecule has 2 aromatic carbocycles. The maximum atomic E-state index is 9.51. The minimum absolute atomic E-state index is 0.0549. The summed E-state index contributed by atoms with van der Waals surface area (Å²) in [6, 6.07) is 12.5. The van der Waals surface area contributed by atoms with Gasteiger partial charge in [0.2, 0.25) is 0 Å². The molecule has 1 fully saturated rings. The van der Waals surface area contributed by atoms with Crippen LogP contribution >= 0.6 is 21.6 Å². The second kappa shape index (κ2) is 10.6. The Kier molecular flexibility index (Phi) is 7.84. The van der Waals surface area contributed by atoms with E-state index in [1.807, 2.05) is 47.2 Å². The smallest absolute Gasteiger partial charge is 0.119 e. The fourth-order valence-corrected chi connectivity index (χ4v) is 6.01. The molecule has 0 aromatic heterocycles. The monoisotopic (exact) mass is 402 g/mol. The second-order valence-corrected chi connectivity index (χ2v) is 9.50. The summed E-state index contributed by atoms with van der Waals surface area (Å²) in [5.74, 6) is 2.32. The largest absolute Gasteiger partial charge is 0.508 e. The van der Waals surface area contributed by atoms with Crippen LogP contribution in [0.5, 0.6) is 17.2 Å². The fourth-order valence-electron chi connectivity index (χ4n) is 2.99. The van der Waals surface area contributed by atoms with Gasteiger partial charge in [0.05, 0.1) is 6.61 Å². The number of hydrogen-bond acceptors (Lipinski definition) is 5. The number of aromatic hydroxyl groups is 2. The SMILES string of the molecule is Oc1cc(O)cc(/C=C/c2ccc(OCCCCCC3CCSS3)cc2)c1. The van der Waals surface area contributed by atoms with Gasteiger partial charge in [-0.15, -0.1) is 0 Å². The van der Waals surface area contributed by atoms with Crippen LogP contribution in [0.25, 0.3) is 12.2 Å². The third-order valence-electron chi connectivity index (χ3n) is 4.44. The molecule has 0 aliphatic carbocycles. The van der Waals surface area contributed by atoms with E-state index >= 15 is 0 Å². The van der Waals surface area contributed by atoms with Crippen molar-refractivity contribution in [3.8, 4) is 17.2 Å². The van der Waals surface area contributed by atoms with Gasteiger partial charge in [0.15, 0.2) is 0 Å². The van der Waals surface area contributed by atoms with Gasteiger partial charge in [0.25, 0.3) is 0 Å². The third-order valence-corrected chi connectivity index (χ3v) is 7.45. The zero-order valence-corrected chi connectivity index (χ0v) is 17.0. The predicted octanol–water partition coefficient (Wildman–Crippen LogP) is 6.36. The summed E-state index contributed by atoms with van der Waals surface area (Å²) in [4.78, 5) is 0. The number of phenols is 2. The summed E-state index contributed by atoms with van der Waals surface area (Å²) >= 11 is 0. The molecule has 2 N–H and O–H groups in total. The van der Waals surface area contributed by atoms with Crippen LogP contribution in [-0.4, -0.2) is 27.8 Å². The van der Waals surface area contributed by atoms with E-state index in [1.54, 1.807) is 12.1 Å². The molecule has 5 heteroatoms. The molecule has 1 heterocycles. The van der Waals surface area contributed by atoms with Gasteiger partial charge in [-0.3, -0.25) is 0 Å². The Morgan fingerprint density at radius 2 is 1.67 bits per heavy atom. The van der Waals surface area contributed by atoms with Crippen molar-refractivity contribution < 1.29 is 14.9 Å². The summed E-state index contributed by atoms with van der Waals surface area (Å²) < 4.78 is 5.83. The van der Waals surface area contributed by atoms with Gasteiger partial charge < -0.3 is 14.9 Å². The summed E-state index contributed by atoms with van der Waals surface area (Å²) in [7, 11) is 4.08. The first-order valence-electron chi connectivity index (χ1n) is 9.41. The van der Waals surface area contributed by atoms with Crippen LogP contribution < -0.4 is 4.74 Å². The third kappa shape index (κ3) is 7.07. The second-order valence-electron chi connectivity index (χ2n) is 6.71. The Balaban J connectivity index is 1.37. The highest BCUT2D eigenvalue weighted by Gasteiger charge is 2.15. The van der Waals surface area contributed by atoms with Crippen LogP contribution in [0.15, 0.2) is 42.5 Å². The van der Waals surface area contributed by atoms with Gasteiger partial charge in [0, 0.05) is 17.1 Å². The van der Waals surface area contributed by atoms with Crippen molar-refractivity contribution in [2.24, 2.45) is 0 Å². The standard InChI is InChI=1S/C22H26O3S2/c23-19-14-18(15-20(24)16-19)6-5-17-7-9-21(10-8-17)25-12-3-1-2-4-22-11-13-26-27-22/h5-10,14-16,22-24H,1-4,11-13H2/b6-5+. The van der Waals surface area contributed by atoms with E-state index in [9.17, 15) is 10.2 Å². The molecule has 2 aromatic rings. The van der Waals surface area contributed by atoms with E-state index in [2.05, 4.69) is 10.8 Å². The zero-order chi connectivity index (χ0) is 18.9. The number of phenolic OH excluding ortho intramolecular Hbond substituents is 2. The summed E-state index contributed by atoms with van der Waals surface area (Å²) in [5.41, 5.74) is 1.79. The first-order valence-corrected chi connectivity index (χ1v) is 11.8. The first kappa shape index (κ1) is 20.0. The highest BCUT2D eigenvalue weighted by molar-refractivity contribution is 8.77. The molecule has 0 spiro atoms. The molecule has 0 saturated carbocycles. The molecule has 0 radical (unpaired) electrons. The van der Waals surface area contributed by atoms with Crippen LogP contribution in [-0.2, 0) is 0 Å². The first-order chi connectivity index (χ1) is 13.2. The average Bonchev–Trinajstić information content (AvgIpc) is 3.16. The number of rotatable bonds is 9. The van der Waals surface area contributed by atoms with E-state index in [0.717, 1.165) is 35.2 Å². The van der Waals surface area contributed by atoms with Crippen LogP contribution in [0.3, 0.4) is 0 Å². The lowest BCUT2D eigenvalue weighted by Crippen LogP contribution is -2.00. The van der Waals surface area contributed by atoms with E-state index in [-0.39, 0.29) is 11.5 Å². The fraction of sp³-hybridized carbons (Fsp3) is 0.364. The van der Waals surface area contributed by atoms with Gasteiger partial charge in [-0.05, 0) is 54.7 Å². The maximum absolute atomic E-state index is 9.51. The molecule has 144 valence electrons. The van der Waals surface area contributed by atoms with Crippen LogP contribution in [0.4, 0.5) is 0 Å². The molecular formula is C22H26O3S2. The predicted molar refractivity (Wildman–Crippen MR) is 118 cm³/mol. The normalized spacial score (nSPS) is 16.8. The van der Waals surface area contributed by atoms with Crippen molar-refractivity contribution in [3.63, 3.8) is 0 Å². The topological polar surface area (TPSA) is 49.7 Å². The minimum atomic E-state index is 0.0549. The van der Waals surface area contributed by atoms with E-state index < -0.39 is 0 Å². The molecule has 1 aliphatic heterocycles. The summed E-state index contributed by atoms with van der Waals surface area (Å²) in [5, 5.41) is 19.9. The van der Waals surface area contributed by atoms with Gasteiger partial charge in [-0.25, -0.2) is 0 Å². The van der Waals surface area contributed by atoms with Crippen LogP contribution in [0.1, 0.15) is 43.2 Å². The highest BCUT2D eigenvalue weighted by atomic mass is 33.1. The molecule has 3 rings (SSSR count). The molecule has 0 bridgehead atoms. The summed E-state index contributed by atoms with van der Waals surface area (Å²) in [6.07, 6.45) is 10.2. The lowest BCUT2D eigenvalue weighted by atomic mass is 10.1. The van der Waals surface area contributed by atoms with E-state index in [1.165, 1.54) is 37.5 Å². The van der Waals surface area contributed by atoms with Gasteiger partial charge in [-0.2, -0.15) is 0 Å². The number of ether oxygens (including phenoxy) is 1. The quantitative estimate of drug-likeness (QED) is 0.290. The van der Waals surface area contributed by atoms with Crippen molar-refractivity contribution in [3.05, 3.63) is 53.6 Å². The van der Waals surface area contributed by atoms with E-state index in [0.29, 0.717) is 0 Å². The Hall–Kier alpha value is -1.72. The van der Waals surface area contributed by atoms with Crippen molar-refractivity contribution >= 4 is 33.7 Å². The molecule has 1 atom stereocenters. The molecule has 1 unspecified atom stereocenters. The lowest BCUT2D eigenvalue weighted by Gasteiger charge is -2.08. The van der Waals surface area contributed by atoms with Crippen LogP contribution in [0, 0.1) is 0 Å². The average molecular weight is 403 g/mol. The summed E-state index contributed by atoms with van der Waals surface area (Å²) in [6.45, 7) is 0.768. The number of hydrogen-bond donors (Lipinski definition) is 2. The highest BCUT2D eigenvalue weighted by Crippen LogP contribution is 2.39. The van der Waals surface area contributed by atoms with Crippen molar-refractivity contribution in [1.29, 1.82) is 0 Å². The van der Waals surface area contributed by atoms with E-state index in [4.69, 9.17) is 4.74 Å². The lowest BCUT2D eigenvalue weighted by molar-refractivity contribution is 0.304. The van der Waals surface area contributed by atoms with Crippen molar-refractivity contribution in [1.82, 2.24) is 0 Å². The zero-order valence-electron chi connectivity index (χ0n) is 15.3. The maximum Gasteiger partial charge on any atom is 0.119 e. The Labute approximate surface area is 169 Å². The van der Waals surface area contributed by atoms with Crippen molar-refractivity contribution in [2.75, 3.05) is 12.4 Å². The van der Waals surface area contributed by atoms with Crippen molar-refractivity contribution in [2.45, 2.75) is 37.4 Å². The number of unbranched alkanes of at least 4 members (excludes halogenated alkanes) is 2.